The van der Waals surface area contributed by atoms with Crippen LogP contribution in [0.5, 0.6) is 0 Å². The van der Waals surface area contributed by atoms with Gasteiger partial charge in [0.2, 0.25) is 11.7 Å². The molecule has 0 spiro atoms. The van der Waals surface area contributed by atoms with Crippen LogP contribution in [0.1, 0.15) is 22.3 Å². The summed E-state index contributed by atoms with van der Waals surface area (Å²) in [4.78, 5) is 23.1. The van der Waals surface area contributed by atoms with Crippen molar-refractivity contribution in [1.29, 1.82) is 0 Å². The average Bonchev–Trinajstić information content (AvgIpc) is 2.81. The van der Waals surface area contributed by atoms with Crippen LogP contribution in [-0.4, -0.2) is 28.0 Å². The van der Waals surface area contributed by atoms with Crippen molar-refractivity contribution >= 4 is 11.8 Å². The largest absolute Gasteiger partial charge is 0.463 e. The van der Waals surface area contributed by atoms with Gasteiger partial charge in [-0.1, -0.05) is 0 Å². The molecule has 1 N–H and O–H groups in total. The SMILES string of the molecule is COC(=O)c1nccc(NCc2ncc(C)o2)n1. The average molecular weight is 248 g/mol. The summed E-state index contributed by atoms with van der Waals surface area (Å²) in [7, 11) is 1.28. The number of esters is 1. The monoisotopic (exact) mass is 248 g/mol. The summed E-state index contributed by atoms with van der Waals surface area (Å²) in [6.45, 7) is 2.20. The summed E-state index contributed by atoms with van der Waals surface area (Å²) >= 11 is 0. The second-order valence-electron chi connectivity index (χ2n) is 3.48. The topological polar surface area (TPSA) is 90.1 Å². The third kappa shape index (κ3) is 2.82. The molecule has 0 aromatic carbocycles. The Kier molecular flexibility index (Phi) is 3.52. The highest BCUT2D eigenvalue weighted by Crippen LogP contribution is 2.07. The lowest BCUT2D eigenvalue weighted by molar-refractivity contribution is 0.0587. The molecule has 2 heterocycles. The molecule has 0 bridgehead atoms. The van der Waals surface area contributed by atoms with Gasteiger partial charge >= 0.3 is 5.97 Å². The van der Waals surface area contributed by atoms with E-state index in [-0.39, 0.29) is 5.82 Å². The minimum atomic E-state index is -0.578. The Hall–Kier alpha value is -2.44. The molecule has 0 saturated carbocycles. The van der Waals surface area contributed by atoms with Crippen molar-refractivity contribution in [2.45, 2.75) is 13.5 Å². The van der Waals surface area contributed by atoms with Gasteiger partial charge in [0.15, 0.2) is 0 Å². The minimum Gasteiger partial charge on any atom is -0.463 e. The number of nitrogens with one attached hydrogen (secondary N) is 1. The van der Waals surface area contributed by atoms with Crippen molar-refractivity contribution in [3.63, 3.8) is 0 Å². The molecule has 2 aromatic rings. The van der Waals surface area contributed by atoms with E-state index in [4.69, 9.17) is 4.42 Å². The van der Waals surface area contributed by atoms with Crippen LogP contribution in [-0.2, 0) is 11.3 Å². The number of hydrogen-bond donors (Lipinski definition) is 1. The molecule has 94 valence electrons. The van der Waals surface area contributed by atoms with Crippen LogP contribution >= 0.6 is 0 Å². The Bertz CT molecular complexity index is 553. The summed E-state index contributed by atoms with van der Waals surface area (Å²) in [5.41, 5.74) is 0. The maximum atomic E-state index is 11.2. The molecule has 7 nitrogen and oxygen atoms in total. The number of hydrogen-bond acceptors (Lipinski definition) is 7. The molecule has 0 aliphatic heterocycles. The fourth-order valence-corrected chi connectivity index (χ4v) is 1.30. The molecule has 0 amide bonds. The van der Waals surface area contributed by atoms with Gasteiger partial charge in [-0.05, 0) is 13.0 Å². The number of rotatable bonds is 4. The van der Waals surface area contributed by atoms with Crippen molar-refractivity contribution in [1.82, 2.24) is 15.0 Å². The van der Waals surface area contributed by atoms with Crippen LogP contribution in [0, 0.1) is 6.92 Å². The molecule has 0 saturated heterocycles. The van der Waals surface area contributed by atoms with E-state index in [0.29, 0.717) is 18.3 Å². The van der Waals surface area contributed by atoms with Gasteiger partial charge in [0.05, 0.1) is 19.9 Å². The summed E-state index contributed by atoms with van der Waals surface area (Å²) in [6.07, 6.45) is 3.11. The number of carbonyl (C=O) groups excluding carboxylic acids is 1. The number of nitrogens with zero attached hydrogens (tertiary/aromatic N) is 3. The Morgan fingerprint density at radius 1 is 1.50 bits per heavy atom. The predicted octanol–water partition coefficient (Wildman–Crippen LogP) is 1.17. The zero-order valence-corrected chi connectivity index (χ0v) is 10.0. The number of oxazole rings is 1. The summed E-state index contributed by atoms with van der Waals surface area (Å²) in [6, 6.07) is 1.64. The molecule has 0 fully saturated rings. The Morgan fingerprint density at radius 3 is 3.00 bits per heavy atom. The molecule has 0 unspecified atom stereocenters. The maximum Gasteiger partial charge on any atom is 0.376 e. The highest BCUT2D eigenvalue weighted by atomic mass is 16.5. The zero-order valence-electron chi connectivity index (χ0n) is 10.0. The van der Waals surface area contributed by atoms with Crippen LogP contribution in [0.2, 0.25) is 0 Å². The van der Waals surface area contributed by atoms with Crippen molar-refractivity contribution in [3.8, 4) is 0 Å². The summed E-state index contributed by atoms with van der Waals surface area (Å²) < 4.78 is 9.83. The molecular weight excluding hydrogens is 236 g/mol. The molecular formula is C11H12N4O3. The van der Waals surface area contributed by atoms with Gasteiger partial charge < -0.3 is 14.5 Å². The molecule has 0 aliphatic carbocycles. The Balaban J connectivity index is 2.03. The molecule has 0 radical (unpaired) electrons. The molecule has 2 rings (SSSR count). The van der Waals surface area contributed by atoms with Crippen LogP contribution in [0.4, 0.5) is 5.82 Å². The van der Waals surface area contributed by atoms with Crippen LogP contribution in [0.25, 0.3) is 0 Å². The minimum absolute atomic E-state index is 0.00563. The molecule has 0 atom stereocenters. The van der Waals surface area contributed by atoms with E-state index in [0.717, 1.165) is 5.76 Å². The van der Waals surface area contributed by atoms with Gasteiger partial charge in [-0.2, -0.15) is 0 Å². The first kappa shape index (κ1) is 12.0. The summed E-state index contributed by atoms with van der Waals surface area (Å²) in [5, 5.41) is 2.98. The number of aromatic nitrogens is 3. The smallest absolute Gasteiger partial charge is 0.376 e. The number of ether oxygens (including phenoxy) is 1. The zero-order chi connectivity index (χ0) is 13.0. The van der Waals surface area contributed by atoms with E-state index in [1.165, 1.54) is 13.3 Å². The van der Waals surface area contributed by atoms with E-state index < -0.39 is 5.97 Å². The van der Waals surface area contributed by atoms with Gasteiger partial charge in [0.25, 0.3) is 0 Å². The molecule has 7 heteroatoms. The van der Waals surface area contributed by atoms with Crippen molar-refractivity contribution in [2.75, 3.05) is 12.4 Å². The number of methoxy groups -OCH3 is 1. The lowest BCUT2D eigenvalue weighted by Crippen LogP contribution is -2.09. The lowest BCUT2D eigenvalue weighted by Gasteiger charge is -2.03. The van der Waals surface area contributed by atoms with Crippen LogP contribution in [0.3, 0.4) is 0 Å². The first-order chi connectivity index (χ1) is 8.69. The number of carbonyl (C=O) groups is 1. The highest BCUT2D eigenvalue weighted by Gasteiger charge is 2.09. The predicted molar refractivity (Wildman–Crippen MR) is 61.9 cm³/mol. The molecule has 18 heavy (non-hydrogen) atoms. The van der Waals surface area contributed by atoms with Crippen molar-refractivity contribution in [3.05, 3.63) is 35.9 Å². The normalized spacial score (nSPS) is 10.1. The summed E-state index contributed by atoms with van der Waals surface area (Å²) in [5.74, 6) is 1.22. The van der Waals surface area contributed by atoms with Crippen LogP contribution in [0.15, 0.2) is 22.9 Å². The standard InChI is InChI=1S/C11H12N4O3/c1-7-5-14-9(18-7)6-13-8-3-4-12-10(15-8)11(16)17-2/h3-5H,6H2,1-2H3,(H,12,13,15). The quantitative estimate of drug-likeness (QED) is 0.812. The lowest BCUT2D eigenvalue weighted by atomic mass is 10.5. The van der Waals surface area contributed by atoms with E-state index in [9.17, 15) is 4.79 Å². The maximum absolute atomic E-state index is 11.2. The number of aryl methyl sites for hydroxylation is 1. The van der Waals surface area contributed by atoms with Crippen molar-refractivity contribution < 1.29 is 13.9 Å². The fourth-order valence-electron chi connectivity index (χ4n) is 1.30. The van der Waals surface area contributed by atoms with Gasteiger partial charge in [-0.3, -0.25) is 0 Å². The Labute approximate surface area is 103 Å². The fraction of sp³-hybridized carbons (Fsp3) is 0.273. The van der Waals surface area contributed by atoms with Gasteiger partial charge in [0, 0.05) is 6.20 Å². The van der Waals surface area contributed by atoms with Gasteiger partial charge in [0.1, 0.15) is 11.6 Å². The Morgan fingerprint density at radius 2 is 2.33 bits per heavy atom. The van der Waals surface area contributed by atoms with Crippen molar-refractivity contribution in [2.24, 2.45) is 0 Å². The van der Waals surface area contributed by atoms with E-state index in [2.05, 4.69) is 25.0 Å². The van der Waals surface area contributed by atoms with Gasteiger partial charge in [-0.25, -0.2) is 19.7 Å². The third-order valence-electron chi connectivity index (χ3n) is 2.11. The van der Waals surface area contributed by atoms with Crippen LogP contribution < -0.4 is 5.32 Å². The third-order valence-corrected chi connectivity index (χ3v) is 2.11. The van der Waals surface area contributed by atoms with Gasteiger partial charge in [-0.15, -0.1) is 0 Å². The number of anilines is 1. The molecule has 0 aliphatic rings. The molecule has 2 aromatic heterocycles. The van der Waals surface area contributed by atoms with E-state index in [1.54, 1.807) is 12.3 Å². The van der Waals surface area contributed by atoms with E-state index >= 15 is 0 Å². The highest BCUT2D eigenvalue weighted by molar-refractivity contribution is 5.85. The van der Waals surface area contributed by atoms with E-state index in [1.807, 2.05) is 6.92 Å². The second kappa shape index (κ2) is 5.26. The second-order valence-corrected chi connectivity index (χ2v) is 3.48. The first-order valence-electron chi connectivity index (χ1n) is 5.25. The first-order valence-corrected chi connectivity index (χ1v) is 5.25.